The van der Waals surface area contributed by atoms with Gasteiger partial charge < -0.3 is 10.1 Å². The van der Waals surface area contributed by atoms with E-state index in [-0.39, 0.29) is 30.1 Å². The van der Waals surface area contributed by atoms with Crippen LogP contribution in [0.15, 0.2) is 65.9 Å². The maximum Gasteiger partial charge on any atom is 0.257 e. The number of aliphatic imine (C=N–C) groups is 1. The lowest BCUT2D eigenvalue weighted by molar-refractivity contribution is -0.0608. The molecule has 3 atom stereocenters. The Morgan fingerprint density at radius 2 is 1.97 bits per heavy atom. The highest BCUT2D eigenvalue weighted by Gasteiger charge is 2.50. The summed E-state index contributed by atoms with van der Waals surface area (Å²) < 4.78 is 34.9. The number of thioether (sulfide) groups is 1. The molecule has 1 saturated heterocycles. The van der Waals surface area contributed by atoms with Crippen molar-refractivity contribution in [2.45, 2.75) is 25.0 Å². The molecule has 6 nitrogen and oxygen atoms in total. The molecular formula is C25H22F2N4O2S. The van der Waals surface area contributed by atoms with E-state index >= 15 is 4.39 Å². The number of nitrogens with one attached hydrogen (secondary N) is 1. The summed E-state index contributed by atoms with van der Waals surface area (Å²) in [6.45, 7) is 1.92. The van der Waals surface area contributed by atoms with Gasteiger partial charge in [-0.25, -0.2) is 13.8 Å². The molecule has 1 amide bonds. The van der Waals surface area contributed by atoms with E-state index in [0.717, 1.165) is 11.8 Å². The van der Waals surface area contributed by atoms with Gasteiger partial charge in [0.2, 0.25) is 0 Å². The summed E-state index contributed by atoms with van der Waals surface area (Å²) in [6, 6.07) is 12.3. The third-order valence-electron chi connectivity index (χ3n) is 6.19. The van der Waals surface area contributed by atoms with Gasteiger partial charge in [-0.15, -0.1) is 0 Å². The van der Waals surface area contributed by atoms with Crippen molar-refractivity contribution in [3.63, 3.8) is 0 Å². The third-order valence-corrected chi connectivity index (χ3v) is 7.22. The Balaban J connectivity index is 1.49. The van der Waals surface area contributed by atoms with Crippen LogP contribution in [0.4, 0.5) is 8.78 Å². The van der Waals surface area contributed by atoms with Crippen LogP contribution in [0.25, 0.3) is 0 Å². The van der Waals surface area contributed by atoms with Crippen molar-refractivity contribution in [1.82, 2.24) is 15.3 Å². The number of aromatic nitrogens is 2. The smallest absolute Gasteiger partial charge is 0.257 e. The Morgan fingerprint density at radius 3 is 2.71 bits per heavy atom. The molecule has 1 N–H and O–H groups in total. The predicted octanol–water partition coefficient (Wildman–Crippen LogP) is 4.57. The van der Waals surface area contributed by atoms with E-state index in [2.05, 4.69) is 15.3 Å². The summed E-state index contributed by atoms with van der Waals surface area (Å²) in [5, 5.41) is 3.22. The first kappa shape index (κ1) is 22.6. The molecule has 0 spiro atoms. The molecule has 2 aliphatic heterocycles. The Kier molecular flexibility index (Phi) is 6.14. The van der Waals surface area contributed by atoms with Crippen LogP contribution in [-0.4, -0.2) is 33.4 Å². The summed E-state index contributed by atoms with van der Waals surface area (Å²) in [4.78, 5) is 26.3. The highest BCUT2D eigenvalue weighted by molar-refractivity contribution is 8.13. The molecule has 0 saturated carbocycles. The number of ether oxygens (including phenoxy) is 1. The maximum absolute atomic E-state index is 15.0. The Morgan fingerprint density at radius 1 is 1.15 bits per heavy atom. The van der Waals surface area contributed by atoms with Gasteiger partial charge in [0.15, 0.2) is 5.17 Å². The fourth-order valence-electron chi connectivity index (χ4n) is 4.39. The summed E-state index contributed by atoms with van der Waals surface area (Å²) in [7, 11) is 0. The van der Waals surface area contributed by atoms with Gasteiger partial charge in [0.05, 0.1) is 24.2 Å². The van der Waals surface area contributed by atoms with Crippen molar-refractivity contribution in [3.8, 4) is 0 Å². The van der Waals surface area contributed by atoms with Gasteiger partial charge in [-0.2, -0.15) is 0 Å². The van der Waals surface area contributed by atoms with Crippen molar-refractivity contribution in [1.29, 1.82) is 0 Å². The first-order valence-corrected chi connectivity index (χ1v) is 11.9. The van der Waals surface area contributed by atoms with E-state index in [0.29, 0.717) is 28.6 Å². The van der Waals surface area contributed by atoms with Gasteiger partial charge in [0, 0.05) is 35.1 Å². The van der Waals surface area contributed by atoms with Crippen LogP contribution < -0.4 is 5.32 Å². The fourth-order valence-corrected chi connectivity index (χ4v) is 5.55. The van der Waals surface area contributed by atoms with Crippen molar-refractivity contribution in [3.05, 3.63) is 95.1 Å². The number of amides is 1. The number of aryl methyl sites for hydroxylation is 1. The number of fused-ring (bicyclic) bond motifs is 1. The van der Waals surface area contributed by atoms with Crippen LogP contribution >= 0.6 is 11.8 Å². The largest absolute Gasteiger partial charge is 0.369 e. The molecule has 34 heavy (non-hydrogen) atoms. The van der Waals surface area contributed by atoms with Crippen LogP contribution in [0.2, 0.25) is 0 Å². The van der Waals surface area contributed by atoms with E-state index < -0.39 is 17.2 Å². The van der Waals surface area contributed by atoms with Crippen molar-refractivity contribution < 1.29 is 18.3 Å². The van der Waals surface area contributed by atoms with E-state index in [1.54, 1.807) is 36.7 Å². The van der Waals surface area contributed by atoms with Gasteiger partial charge in [-0.05, 0) is 31.5 Å². The summed E-state index contributed by atoms with van der Waals surface area (Å²) in [5.74, 6) is -1.21. The minimum Gasteiger partial charge on any atom is -0.369 e. The van der Waals surface area contributed by atoms with Gasteiger partial charge in [-0.3, -0.25) is 14.8 Å². The van der Waals surface area contributed by atoms with Gasteiger partial charge in [0.1, 0.15) is 23.3 Å². The quantitative estimate of drug-likeness (QED) is 0.594. The van der Waals surface area contributed by atoms with Gasteiger partial charge >= 0.3 is 0 Å². The zero-order valence-corrected chi connectivity index (χ0v) is 19.2. The second kappa shape index (κ2) is 9.23. The number of amidine groups is 1. The topological polar surface area (TPSA) is 76.5 Å². The molecule has 1 fully saturated rings. The monoisotopic (exact) mass is 480 g/mol. The fraction of sp³-hybridized carbons (Fsp3) is 0.280. The number of nitrogens with zero attached hydrogens (tertiary/aromatic N) is 3. The first-order valence-electron chi connectivity index (χ1n) is 10.9. The molecule has 5 rings (SSSR count). The Bertz CT molecular complexity index is 1240. The van der Waals surface area contributed by atoms with Crippen LogP contribution in [-0.2, 0) is 10.3 Å². The number of carbonyl (C=O) groups excluding carboxylic acids is 1. The Hall–Kier alpha value is -3.17. The van der Waals surface area contributed by atoms with E-state index in [1.807, 2.05) is 13.0 Å². The predicted molar refractivity (Wildman–Crippen MR) is 125 cm³/mol. The second-order valence-electron chi connectivity index (χ2n) is 8.41. The highest BCUT2D eigenvalue weighted by atomic mass is 32.2. The lowest BCUT2D eigenvalue weighted by atomic mass is 9.74. The zero-order chi connectivity index (χ0) is 23.7. The number of rotatable bonds is 3. The van der Waals surface area contributed by atoms with Gasteiger partial charge in [0.25, 0.3) is 5.91 Å². The van der Waals surface area contributed by atoms with Gasteiger partial charge in [-0.1, -0.05) is 36.0 Å². The number of halogens is 2. The van der Waals surface area contributed by atoms with E-state index in [1.165, 1.54) is 23.9 Å². The first-order chi connectivity index (χ1) is 16.4. The summed E-state index contributed by atoms with van der Waals surface area (Å²) in [6.07, 6.45) is 3.60. The molecule has 3 heterocycles. The molecule has 0 bridgehead atoms. The minimum absolute atomic E-state index is 0.0612. The highest BCUT2D eigenvalue weighted by Crippen LogP contribution is 2.49. The molecule has 0 radical (unpaired) electrons. The average molecular weight is 481 g/mol. The Labute approximate surface area is 199 Å². The number of hydrogen-bond acceptors (Lipinski definition) is 6. The lowest BCUT2D eigenvalue weighted by Gasteiger charge is -2.46. The third kappa shape index (κ3) is 4.33. The molecular weight excluding hydrogens is 458 g/mol. The second-order valence-corrected chi connectivity index (χ2v) is 9.42. The molecule has 0 unspecified atom stereocenters. The average Bonchev–Trinajstić information content (AvgIpc) is 2.84. The molecule has 9 heteroatoms. The summed E-state index contributed by atoms with van der Waals surface area (Å²) in [5.41, 5.74) is 1.15. The van der Waals surface area contributed by atoms with Crippen molar-refractivity contribution in [2.75, 3.05) is 12.4 Å². The number of carbonyl (C=O) groups is 1. The molecule has 2 aromatic carbocycles. The normalized spacial score (nSPS) is 24.1. The number of hydrogen-bond donors (Lipinski definition) is 1. The van der Waals surface area contributed by atoms with Crippen LogP contribution in [0.1, 0.15) is 39.8 Å². The van der Waals surface area contributed by atoms with E-state index in [4.69, 9.17) is 9.73 Å². The molecule has 0 aliphatic carbocycles. The maximum atomic E-state index is 15.0. The van der Waals surface area contributed by atoms with E-state index in [9.17, 15) is 9.18 Å². The minimum atomic E-state index is -1.10. The number of benzene rings is 2. The van der Waals surface area contributed by atoms with Crippen molar-refractivity contribution >= 4 is 22.8 Å². The van der Waals surface area contributed by atoms with Crippen LogP contribution in [0.3, 0.4) is 0 Å². The SMILES string of the molecule is Cc1cnc([C@@H]2C[C@@H]3CSC(NC(=O)c4ccccc4)=N[C@]3(c3ccc(F)cc3F)CO2)cn1. The molecule has 174 valence electrons. The van der Waals surface area contributed by atoms with Crippen LogP contribution in [0, 0.1) is 24.5 Å². The zero-order valence-electron chi connectivity index (χ0n) is 18.4. The van der Waals surface area contributed by atoms with Crippen molar-refractivity contribution in [2.24, 2.45) is 10.9 Å². The molecule has 2 aliphatic rings. The molecule has 3 aromatic rings. The van der Waals surface area contributed by atoms with Crippen LogP contribution in [0.5, 0.6) is 0 Å². The standard InChI is InChI=1S/C25H22F2N4O2S/c1-15-11-29-21(12-28-15)22-9-17-13-34-24(30-23(32)16-5-3-2-4-6-16)31-25(17,14-33-22)19-8-7-18(26)10-20(19)27/h2-8,10-12,17,22H,9,13-14H2,1H3,(H,30,31,32)/t17-,22+,25-/m1/s1. The summed E-state index contributed by atoms with van der Waals surface area (Å²) >= 11 is 1.40. The molecule has 1 aromatic heterocycles. The lowest BCUT2D eigenvalue weighted by Crippen LogP contribution is -2.49.